The van der Waals surface area contributed by atoms with E-state index in [-0.39, 0.29) is 5.91 Å². The van der Waals surface area contributed by atoms with Crippen LogP contribution in [0.1, 0.15) is 47.0 Å². The zero-order valence-corrected chi connectivity index (χ0v) is 15.6. The first-order valence-corrected chi connectivity index (χ1v) is 10.0. The summed E-state index contributed by atoms with van der Waals surface area (Å²) in [4.78, 5) is 13.2. The van der Waals surface area contributed by atoms with Crippen LogP contribution < -0.4 is 5.32 Å². The van der Waals surface area contributed by atoms with E-state index in [0.29, 0.717) is 12.6 Å². The molecule has 0 saturated heterocycles. The molecular weight excluding hydrogens is 352 g/mol. The molecule has 1 fully saturated rings. The molecule has 1 aromatic carbocycles. The van der Waals surface area contributed by atoms with E-state index >= 15 is 0 Å². The van der Waals surface area contributed by atoms with Gasteiger partial charge in [-0.25, -0.2) is 0 Å². The van der Waals surface area contributed by atoms with E-state index in [9.17, 15) is 4.79 Å². The van der Waals surface area contributed by atoms with Crippen LogP contribution in [0.3, 0.4) is 0 Å². The van der Waals surface area contributed by atoms with Crippen molar-refractivity contribution in [3.05, 3.63) is 58.2 Å². The monoisotopic (exact) mass is 372 g/mol. The third-order valence-corrected chi connectivity index (χ3v) is 6.26. The standard InChI is InChI=1S/C20H21ClN2OS/c21-16-7-5-14(6-8-16)9-10-22-20(24)18-11-15-12-23(13-19(15)25-18)17-3-1-2-4-17/h5-8,11-13,17H,1-4,9-10H2,(H,22,24). The Morgan fingerprint density at radius 3 is 2.68 bits per heavy atom. The van der Waals surface area contributed by atoms with Gasteiger partial charge in [0.15, 0.2) is 0 Å². The van der Waals surface area contributed by atoms with E-state index in [0.717, 1.165) is 16.3 Å². The van der Waals surface area contributed by atoms with Crippen molar-refractivity contribution >= 4 is 38.9 Å². The van der Waals surface area contributed by atoms with Crippen molar-refractivity contribution in [2.45, 2.75) is 38.1 Å². The highest BCUT2D eigenvalue weighted by Gasteiger charge is 2.18. The summed E-state index contributed by atoms with van der Waals surface area (Å²) in [7, 11) is 0. The van der Waals surface area contributed by atoms with Gasteiger partial charge in [-0.3, -0.25) is 4.79 Å². The van der Waals surface area contributed by atoms with Crippen LogP contribution in [0.4, 0.5) is 0 Å². The van der Waals surface area contributed by atoms with Crippen molar-refractivity contribution in [2.75, 3.05) is 6.54 Å². The van der Waals surface area contributed by atoms with E-state index in [1.807, 2.05) is 30.3 Å². The largest absolute Gasteiger partial charge is 0.351 e. The maximum absolute atomic E-state index is 12.4. The zero-order valence-electron chi connectivity index (χ0n) is 14.0. The van der Waals surface area contributed by atoms with Gasteiger partial charge in [-0.15, -0.1) is 11.3 Å². The van der Waals surface area contributed by atoms with Crippen LogP contribution >= 0.6 is 22.9 Å². The molecular formula is C20H21ClN2OS. The Kier molecular flexibility index (Phi) is 4.82. The van der Waals surface area contributed by atoms with Crippen LogP contribution in [0.25, 0.3) is 10.1 Å². The molecule has 2 heterocycles. The second-order valence-electron chi connectivity index (χ2n) is 6.71. The number of fused-ring (bicyclic) bond motifs is 1. The third-order valence-electron chi connectivity index (χ3n) is 4.93. The molecule has 1 aliphatic rings. The quantitative estimate of drug-likeness (QED) is 0.635. The molecule has 1 amide bonds. The van der Waals surface area contributed by atoms with Gasteiger partial charge < -0.3 is 9.88 Å². The van der Waals surface area contributed by atoms with Gasteiger partial charge in [0.1, 0.15) is 0 Å². The molecule has 2 aromatic heterocycles. The minimum Gasteiger partial charge on any atom is -0.351 e. The van der Waals surface area contributed by atoms with E-state index < -0.39 is 0 Å². The molecule has 1 aliphatic carbocycles. The highest BCUT2D eigenvalue weighted by Crippen LogP contribution is 2.34. The van der Waals surface area contributed by atoms with E-state index in [2.05, 4.69) is 22.3 Å². The maximum Gasteiger partial charge on any atom is 0.261 e. The molecule has 0 radical (unpaired) electrons. The Bertz CT molecular complexity index is 843. The lowest BCUT2D eigenvalue weighted by Crippen LogP contribution is -2.24. The highest BCUT2D eigenvalue weighted by atomic mass is 35.5. The van der Waals surface area contributed by atoms with Crippen molar-refractivity contribution in [3.63, 3.8) is 0 Å². The third kappa shape index (κ3) is 3.75. The molecule has 25 heavy (non-hydrogen) atoms. The summed E-state index contributed by atoms with van der Waals surface area (Å²) in [5.74, 6) is 0.0163. The number of amides is 1. The second-order valence-corrected chi connectivity index (χ2v) is 8.23. The molecule has 0 atom stereocenters. The Balaban J connectivity index is 1.36. The fourth-order valence-corrected chi connectivity index (χ4v) is 4.66. The van der Waals surface area contributed by atoms with Gasteiger partial charge in [-0.2, -0.15) is 0 Å². The second kappa shape index (κ2) is 7.22. The molecule has 1 N–H and O–H groups in total. The summed E-state index contributed by atoms with van der Waals surface area (Å²) < 4.78 is 3.55. The molecule has 0 spiro atoms. The minimum atomic E-state index is 0.0163. The summed E-state index contributed by atoms with van der Waals surface area (Å²) in [6.07, 6.45) is 10.4. The first-order chi connectivity index (χ1) is 12.2. The van der Waals surface area contributed by atoms with Gasteiger partial charge >= 0.3 is 0 Å². The van der Waals surface area contributed by atoms with Crippen LogP contribution in [-0.2, 0) is 6.42 Å². The highest BCUT2D eigenvalue weighted by molar-refractivity contribution is 7.20. The summed E-state index contributed by atoms with van der Waals surface area (Å²) >= 11 is 7.47. The lowest BCUT2D eigenvalue weighted by Gasteiger charge is -2.10. The Labute approximate surface area is 156 Å². The van der Waals surface area contributed by atoms with Crippen LogP contribution in [0.15, 0.2) is 42.7 Å². The number of carbonyl (C=O) groups excluding carboxylic acids is 1. The Morgan fingerprint density at radius 1 is 1.20 bits per heavy atom. The molecule has 0 aliphatic heterocycles. The van der Waals surface area contributed by atoms with Crippen molar-refractivity contribution in [1.29, 1.82) is 0 Å². The van der Waals surface area contributed by atoms with Crippen molar-refractivity contribution < 1.29 is 4.79 Å². The average Bonchev–Trinajstić information content (AvgIpc) is 3.31. The molecule has 0 unspecified atom stereocenters. The maximum atomic E-state index is 12.4. The lowest BCUT2D eigenvalue weighted by atomic mass is 10.1. The SMILES string of the molecule is O=C(NCCc1ccc(Cl)cc1)c1cc2cn(C3CCCC3)cc2s1. The number of carbonyl (C=O) groups is 1. The fraction of sp³-hybridized carbons (Fsp3) is 0.350. The first-order valence-electron chi connectivity index (χ1n) is 8.83. The predicted octanol–water partition coefficient (Wildman–Crippen LogP) is 5.44. The van der Waals surface area contributed by atoms with E-state index in [4.69, 9.17) is 11.6 Å². The Morgan fingerprint density at radius 2 is 1.96 bits per heavy atom. The summed E-state index contributed by atoms with van der Waals surface area (Å²) in [5, 5.41) is 4.93. The first kappa shape index (κ1) is 16.7. The number of hydrogen-bond acceptors (Lipinski definition) is 2. The molecule has 130 valence electrons. The summed E-state index contributed by atoms with van der Waals surface area (Å²) in [5.41, 5.74) is 1.17. The topological polar surface area (TPSA) is 34.0 Å². The lowest BCUT2D eigenvalue weighted by molar-refractivity contribution is 0.0958. The number of hydrogen-bond donors (Lipinski definition) is 1. The summed E-state index contributed by atoms with van der Waals surface area (Å²) in [6.45, 7) is 0.630. The van der Waals surface area contributed by atoms with Gasteiger partial charge in [-0.05, 0) is 43.0 Å². The molecule has 3 aromatic rings. The van der Waals surface area contributed by atoms with Crippen LogP contribution in [0, 0.1) is 0 Å². The van der Waals surface area contributed by atoms with Crippen LogP contribution in [-0.4, -0.2) is 17.0 Å². The fourth-order valence-electron chi connectivity index (χ4n) is 3.54. The number of nitrogens with zero attached hydrogens (tertiary/aromatic N) is 1. The molecule has 4 rings (SSSR count). The van der Waals surface area contributed by atoms with E-state index in [1.54, 1.807) is 11.3 Å². The number of halogens is 1. The summed E-state index contributed by atoms with van der Waals surface area (Å²) in [6, 6.07) is 10.4. The molecule has 3 nitrogen and oxygen atoms in total. The van der Waals surface area contributed by atoms with Gasteiger partial charge in [0.2, 0.25) is 0 Å². The predicted molar refractivity (Wildman–Crippen MR) is 105 cm³/mol. The number of aromatic nitrogens is 1. The van der Waals surface area contributed by atoms with Crippen LogP contribution in [0.2, 0.25) is 5.02 Å². The average molecular weight is 373 g/mol. The van der Waals surface area contributed by atoms with E-state index in [1.165, 1.54) is 41.3 Å². The van der Waals surface area contributed by atoms with Crippen molar-refractivity contribution in [2.24, 2.45) is 0 Å². The number of thiophene rings is 1. The smallest absolute Gasteiger partial charge is 0.261 e. The van der Waals surface area contributed by atoms with Crippen molar-refractivity contribution in [3.8, 4) is 0 Å². The normalized spacial score (nSPS) is 15.1. The van der Waals surface area contributed by atoms with Crippen molar-refractivity contribution in [1.82, 2.24) is 9.88 Å². The van der Waals surface area contributed by atoms with Gasteiger partial charge in [-0.1, -0.05) is 36.6 Å². The van der Waals surface area contributed by atoms with Gasteiger partial charge in [0.25, 0.3) is 5.91 Å². The van der Waals surface area contributed by atoms with Crippen LogP contribution in [0.5, 0.6) is 0 Å². The number of nitrogens with one attached hydrogen (secondary N) is 1. The zero-order chi connectivity index (χ0) is 17.2. The van der Waals surface area contributed by atoms with Gasteiger partial charge in [0, 0.05) is 35.4 Å². The number of rotatable bonds is 5. The molecule has 0 bridgehead atoms. The van der Waals surface area contributed by atoms with Gasteiger partial charge in [0.05, 0.1) is 9.58 Å². The molecule has 1 saturated carbocycles. The Hall–Kier alpha value is -1.78. The minimum absolute atomic E-state index is 0.0163. The molecule has 5 heteroatoms. The number of benzene rings is 1.